The molecule has 120 valence electrons. The van der Waals surface area contributed by atoms with E-state index in [4.69, 9.17) is 5.73 Å². The highest BCUT2D eigenvalue weighted by Crippen LogP contribution is 2.22. The molecule has 1 aliphatic rings. The molecule has 1 aliphatic heterocycles. The zero-order chi connectivity index (χ0) is 16.1. The van der Waals surface area contributed by atoms with Crippen LogP contribution in [0.4, 0.5) is 5.82 Å². The Morgan fingerprint density at radius 1 is 1.30 bits per heavy atom. The largest absolute Gasteiger partial charge is 0.382 e. The molecule has 2 aromatic heterocycles. The number of hydrogen-bond donors (Lipinski definition) is 1. The highest BCUT2D eigenvalue weighted by atomic mass is 16.2. The van der Waals surface area contributed by atoms with Crippen molar-refractivity contribution in [3.63, 3.8) is 0 Å². The standard InChI is InChI=1S/C17H21N5O/c18-17-15(20-6-7-21-17)9-14-4-2-8-22(12-14)16(23)10-13-3-1-5-19-11-13/h1,3,5-7,11,14H,2,4,8-10,12H2,(H2,18,21). The first-order valence-electron chi connectivity index (χ1n) is 7.94. The molecule has 2 aromatic rings. The maximum absolute atomic E-state index is 12.5. The number of pyridine rings is 1. The molecule has 3 heterocycles. The van der Waals surface area contributed by atoms with Crippen LogP contribution in [0.2, 0.25) is 0 Å². The first-order valence-corrected chi connectivity index (χ1v) is 7.94. The van der Waals surface area contributed by atoms with E-state index in [2.05, 4.69) is 15.0 Å². The molecule has 1 unspecified atom stereocenters. The number of hydrogen-bond acceptors (Lipinski definition) is 5. The Labute approximate surface area is 135 Å². The number of anilines is 1. The van der Waals surface area contributed by atoms with E-state index in [1.165, 1.54) is 0 Å². The molecule has 0 aromatic carbocycles. The summed E-state index contributed by atoms with van der Waals surface area (Å²) in [6.07, 6.45) is 10.0. The number of aromatic nitrogens is 3. The van der Waals surface area contributed by atoms with Gasteiger partial charge in [-0.25, -0.2) is 4.98 Å². The van der Waals surface area contributed by atoms with Crippen LogP contribution in [0.3, 0.4) is 0 Å². The number of piperidine rings is 1. The molecule has 6 heteroatoms. The van der Waals surface area contributed by atoms with Gasteiger partial charge in [0.05, 0.1) is 12.1 Å². The van der Waals surface area contributed by atoms with Crippen LogP contribution in [0.25, 0.3) is 0 Å². The van der Waals surface area contributed by atoms with Gasteiger partial charge in [0.2, 0.25) is 5.91 Å². The lowest BCUT2D eigenvalue weighted by Gasteiger charge is -2.33. The molecule has 1 amide bonds. The normalized spacial score (nSPS) is 17.9. The predicted molar refractivity (Wildman–Crippen MR) is 87.4 cm³/mol. The Kier molecular flexibility index (Phi) is 4.80. The molecule has 1 atom stereocenters. The van der Waals surface area contributed by atoms with Gasteiger partial charge in [-0.2, -0.15) is 0 Å². The average molecular weight is 311 g/mol. The molecule has 0 radical (unpaired) electrons. The number of nitrogens with two attached hydrogens (primary N) is 1. The number of carbonyl (C=O) groups is 1. The van der Waals surface area contributed by atoms with E-state index < -0.39 is 0 Å². The van der Waals surface area contributed by atoms with Crippen LogP contribution < -0.4 is 5.73 Å². The van der Waals surface area contributed by atoms with Gasteiger partial charge >= 0.3 is 0 Å². The minimum Gasteiger partial charge on any atom is -0.382 e. The lowest BCUT2D eigenvalue weighted by atomic mass is 9.93. The van der Waals surface area contributed by atoms with Crippen molar-refractivity contribution in [1.82, 2.24) is 19.9 Å². The van der Waals surface area contributed by atoms with Gasteiger partial charge < -0.3 is 10.6 Å². The summed E-state index contributed by atoms with van der Waals surface area (Å²) in [5, 5.41) is 0. The van der Waals surface area contributed by atoms with E-state index >= 15 is 0 Å². The summed E-state index contributed by atoms with van der Waals surface area (Å²) >= 11 is 0. The van der Waals surface area contributed by atoms with E-state index in [-0.39, 0.29) is 5.91 Å². The number of carbonyl (C=O) groups excluding carboxylic acids is 1. The van der Waals surface area contributed by atoms with E-state index in [0.717, 1.165) is 43.6 Å². The van der Waals surface area contributed by atoms with Gasteiger partial charge in [-0.1, -0.05) is 6.07 Å². The van der Waals surface area contributed by atoms with Crippen LogP contribution >= 0.6 is 0 Å². The smallest absolute Gasteiger partial charge is 0.227 e. The third-order valence-corrected chi connectivity index (χ3v) is 4.24. The van der Waals surface area contributed by atoms with Crippen molar-refractivity contribution in [1.29, 1.82) is 0 Å². The lowest BCUT2D eigenvalue weighted by Crippen LogP contribution is -2.41. The van der Waals surface area contributed by atoms with Crippen LogP contribution in [0.5, 0.6) is 0 Å². The second-order valence-corrected chi connectivity index (χ2v) is 5.98. The number of rotatable bonds is 4. The first-order chi connectivity index (χ1) is 11.2. The van der Waals surface area contributed by atoms with Crippen LogP contribution in [0.15, 0.2) is 36.9 Å². The molecule has 1 fully saturated rings. The number of nitrogen functional groups attached to an aromatic ring is 1. The fourth-order valence-corrected chi connectivity index (χ4v) is 3.06. The SMILES string of the molecule is Nc1nccnc1CC1CCCN(C(=O)Cc2cccnc2)C1. The van der Waals surface area contributed by atoms with Gasteiger partial charge in [0.25, 0.3) is 0 Å². The summed E-state index contributed by atoms with van der Waals surface area (Å²) in [5.74, 6) is 1.04. The molecule has 0 bridgehead atoms. The fraction of sp³-hybridized carbons (Fsp3) is 0.412. The van der Waals surface area contributed by atoms with Crippen molar-refractivity contribution >= 4 is 11.7 Å². The predicted octanol–water partition coefficient (Wildman–Crippen LogP) is 1.48. The highest BCUT2D eigenvalue weighted by Gasteiger charge is 2.24. The van der Waals surface area contributed by atoms with E-state index in [0.29, 0.717) is 18.2 Å². The van der Waals surface area contributed by atoms with Crippen molar-refractivity contribution in [3.05, 3.63) is 48.2 Å². The van der Waals surface area contributed by atoms with E-state index in [9.17, 15) is 4.79 Å². The summed E-state index contributed by atoms with van der Waals surface area (Å²) in [6.45, 7) is 1.58. The molecular formula is C17H21N5O. The van der Waals surface area contributed by atoms with Crippen LogP contribution in [0, 0.1) is 5.92 Å². The quantitative estimate of drug-likeness (QED) is 0.924. The van der Waals surface area contributed by atoms with E-state index in [1.807, 2.05) is 17.0 Å². The Bertz CT molecular complexity index is 661. The zero-order valence-electron chi connectivity index (χ0n) is 13.1. The summed E-state index contributed by atoms with van der Waals surface area (Å²) in [6, 6.07) is 3.80. The summed E-state index contributed by atoms with van der Waals surface area (Å²) in [5.41, 5.74) is 7.66. The maximum atomic E-state index is 12.5. The molecule has 23 heavy (non-hydrogen) atoms. The molecule has 0 spiro atoms. The van der Waals surface area contributed by atoms with Gasteiger partial charge in [0.1, 0.15) is 5.82 Å². The maximum Gasteiger partial charge on any atom is 0.227 e. The number of nitrogens with zero attached hydrogens (tertiary/aromatic N) is 4. The van der Waals surface area contributed by atoms with Crippen molar-refractivity contribution in [2.75, 3.05) is 18.8 Å². The zero-order valence-corrected chi connectivity index (χ0v) is 13.1. The fourth-order valence-electron chi connectivity index (χ4n) is 3.06. The van der Waals surface area contributed by atoms with Gasteiger partial charge in [0, 0.05) is 37.9 Å². The average Bonchev–Trinajstić information content (AvgIpc) is 2.58. The Balaban J connectivity index is 1.59. The van der Waals surface area contributed by atoms with Crippen LogP contribution in [-0.4, -0.2) is 38.8 Å². The molecule has 6 nitrogen and oxygen atoms in total. The monoisotopic (exact) mass is 311 g/mol. The van der Waals surface area contributed by atoms with E-state index in [1.54, 1.807) is 24.8 Å². The molecule has 3 rings (SSSR count). The summed E-state index contributed by atoms with van der Waals surface area (Å²) in [4.78, 5) is 26.9. The minimum atomic E-state index is 0.162. The molecule has 0 aliphatic carbocycles. The lowest BCUT2D eigenvalue weighted by molar-refractivity contribution is -0.132. The Morgan fingerprint density at radius 2 is 2.17 bits per heavy atom. The van der Waals surface area contributed by atoms with Gasteiger partial charge in [0.15, 0.2) is 0 Å². The Morgan fingerprint density at radius 3 is 2.96 bits per heavy atom. The minimum absolute atomic E-state index is 0.162. The van der Waals surface area contributed by atoms with Gasteiger partial charge in [-0.3, -0.25) is 14.8 Å². The van der Waals surface area contributed by atoms with Crippen LogP contribution in [0.1, 0.15) is 24.1 Å². The van der Waals surface area contributed by atoms with Crippen molar-refractivity contribution in [2.24, 2.45) is 5.92 Å². The van der Waals surface area contributed by atoms with Crippen LogP contribution in [-0.2, 0) is 17.6 Å². The Hall–Kier alpha value is -2.50. The first kappa shape index (κ1) is 15.4. The third kappa shape index (κ3) is 4.03. The van der Waals surface area contributed by atoms with Crippen molar-refractivity contribution in [2.45, 2.75) is 25.7 Å². The number of likely N-dealkylation sites (tertiary alicyclic amines) is 1. The third-order valence-electron chi connectivity index (χ3n) is 4.24. The number of amides is 1. The molecular weight excluding hydrogens is 290 g/mol. The van der Waals surface area contributed by atoms with Crippen molar-refractivity contribution in [3.8, 4) is 0 Å². The van der Waals surface area contributed by atoms with Gasteiger partial charge in [-0.05, 0) is 36.8 Å². The summed E-state index contributed by atoms with van der Waals surface area (Å²) < 4.78 is 0. The van der Waals surface area contributed by atoms with Gasteiger partial charge in [-0.15, -0.1) is 0 Å². The second kappa shape index (κ2) is 7.17. The summed E-state index contributed by atoms with van der Waals surface area (Å²) in [7, 11) is 0. The topological polar surface area (TPSA) is 85.0 Å². The van der Waals surface area contributed by atoms with Crippen molar-refractivity contribution < 1.29 is 4.79 Å². The molecule has 2 N–H and O–H groups in total. The molecule has 0 saturated carbocycles. The second-order valence-electron chi connectivity index (χ2n) is 5.98. The molecule has 1 saturated heterocycles. The highest BCUT2D eigenvalue weighted by molar-refractivity contribution is 5.78.